The Bertz CT molecular complexity index is 1050. The summed E-state index contributed by atoms with van der Waals surface area (Å²) in [5, 5.41) is 11.9. The van der Waals surface area contributed by atoms with E-state index in [4.69, 9.17) is 9.52 Å². The van der Waals surface area contributed by atoms with Gasteiger partial charge in [-0.3, -0.25) is 14.5 Å². The van der Waals surface area contributed by atoms with E-state index in [9.17, 15) is 9.59 Å². The van der Waals surface area contributed by atoms with Crippen LogP contribution in [0.1, 0.15) is 24.1 Å². The number of hydrogen-bond donors (Lipinski definition) is 2. The second-order valence-electron chi connectivity index (χ2n) is 7.84. The number of nitrogens with one attached hydrogen (secondary N) is 1. The van der Waals surface area contributed by atoms with Gasteiger partial charge in [-0.05, 0) is 49.2 Å². The molecule has 1 aliphatic rings. The van der Waals surface area contributed by atoms with Crippen molar-refractivity contribution in [1.82, 2.24) is 9.88 Å². The molecule has 0 aliphatic carbocycles. The number of carbonyl (C=O) groups is 2. The summed E-state index contributed by atoms with van der Waals surface area (Å²) < 4.78 is 5.63. The molecule has 4 rings (SSSR count). The van der Waals surface area contributed by atoms with Gasteiger partial charge >= 0.3 is 5.97 Å². The Kier molecular flexibility index (Phi) is 6.43. The van der Waals surface area contributed by atoms with Crippen molar-refractivity contribution in [2.75, 3.05) is 18.4 Å². The molecule has 0 radical (unpaired) electrons. The van der Waals surface area contributed by atoms with Gasteiger partial charge in [0, 0.05) is 24.3 Å². The van der Waals surface area contributed by atoms with Gasteiger partial charge < -0.3 is 14.8 Å². The quantitative estimate of drug-likeness (QED) is 0.604. The maximum atomic E-state index is 12.8. The Morgan fingerprint density at radius 2 is 2.00 bits per heavy atom. The van der Waals surface area contributed by atoms with E-state index >= 15 is 0 Å². The number of aromatic nitrogens is 1. The summed E-state index contributed by atoms with van der Waals surface area (Å²) in [6, 6.07) is 16.8. The second-order valence-corrected chi connectivity index (χ2v) is 7.84. The molecule has 1 unspecified atom stereocenters. The lowest BCUT2D eigenvalue weighted by molar-refractivity contribution is -0.136. The van der Waals surface area contributed by atoms with Crippen LogP contribution >= 0.6 is 0 Å². The second kappa shape index (κ2) is 9.57. The van der Waals surface area contributed by atoms with Crippen LogP contribution in [-0.2, 0) is 22.6 Å². The number of carboxylic acids is 1. The summed E-state index contributed by atoms with van der Waals surface area (Å²) in [6.45, 7) is 2.19. The van der Waals surface area contributed by atoms with Gasteiger partial charge in [0.05, 0.1) is 18.0 Å². The van der Waals surface area contributed by atoms with E-state index in [0.717, 1.165) is 30.6 Å². The van der Waals surface area contributed by atoms with Crippen molar-refractivity contribution in [3.8, 4) is 11.5 Å². The first kappa shape index (κ1) is 20.8. The zero-order chi connectivity index (χ0) is 21.6. The number of aliphatic carboxylic acids is 1. The summed E-state index contributed by atoms with van der Waals surface area (Å²) in [6.07, 6.45) is 3.37. The molecule has 7 heteroatoms. The first-order valence-electron chi connectivity index (χ1n) is 10.4. The molecule has 0 spiro atoms. The Balaban J connectivity index is 1.35. The number of anilines is 1. The first-order chi connectivity index (χ1) is 15.1. The molecule has 2 aromatic carbocycles. The molecule has 31 heavy (non-hydrogen) atoms. The molecule has 2 N–H and O–H groups in total. The van der Waals surface area contributed by atoms with E-state index in [1.807, 2.05) is 30.3 Å². The minimum Gasteiger partial charge on any atom is -0.481 e. The fraction of sp³-hybridized carbons (Fsp3) is 0.292. The van der Waals surface area contributed by atoms with Crippen LogP contribution in [0, 0.1) is 5.92 Å². The first-order valence-corrected chi connectivity index (χ1v) is 10.4. The third kappa shape index (κ3) is 5.58. The number of amides is 1. The van der Waals surface area contributed by atoms with Crippen molar-refractivity contribution in [2.24, 2.45) is 5.92 Å². The van der Waals surface area contributed by atoms with Crippen LogP contribution in [0.2, 0.25) is 0 Å². The highest BCUT2D eigenvalue weighted by molar-refractivity contribution is 5.93. The molecule has 1 aliphatic heterocycles. The van der Waals surface area contributed by atoms with E-state index < -0.39 is 5.97 Å². The number of oxazole rings is 1. The Morgan fingerprint density at radius 3 is 2.81 bits per heavy atom. The van der Waals surface area contributed by atoms with Crippen molar-refractivity contribution in [2.45, 2.75) is 25.8 Å². The number of nitrogens with zero attached hydrogens (tertiary/aromatic N) is 2. The molecule has 0 saturated carbocycles. The largest absolute Gasteiger partial charge is 0.481 e. The molecule has 1 amide bonds. The Hall–Kier alpha value is -3.45. The molecule has 1 fully saturated rings. The van der Waals surface area contributed by atoms with Gasteiger partial charge in [-0.1, -0.05) is 30.3 Å². The molecular weight excluding hydrogens is 394 g/mol. The molecule has 7 nitrogen and oxygen atoms in total. The van der Waals surface area contributed by atoms with Gasteiger partial charge in [-0.15, -0.1) is 0 Å². The van der Waals surface area contributed by atoms with Gasteiger partial charge in [0.15, 0.2) is 0 Å². The van der Waals surface area contributed by atoms with Gasteiger partial charge in [0.25, 0.3) is 0 Å². The smallest absolute Gasteiger partial charge is 0.307 e. The minimum absolute atomic E-state index is 0.0395. The maximum Gasteiger partial charge on any atom is 0.307 e. The number of likely N-dealkylation sites (tertiary alicyclic amines) is 1. The maximum absolute atomic E-state index is 12.8. The molecule has 3 aromatic rings. The van der Waals surface area contributed by atoms with Crippen LogP contribution in [0.5, 0.6) is 0 Å². The van der Waals surface area contributed by atoms with Crippen molar-refractivity contribution < 1.29 is 19.1 Å². The predicted octanol–water partition coefficient (Wildman–Crippen LogP) is 3.82. The lowest BCUT2D eigenvalue weighted by Gasteiger charge is -2.31. The van der Waals surface area contributed by atoms with Crippen LogP contribution in [0.3, 0.4) is 0 Å². The summed E-state index contributed by atoms with van der Waals surface area (Å²) in [4.78, 5) is 30.5. The highest BCUT2D eigenvalue weighted by Crippen LogP contribution is 2.23. The van der Waals surface area contributed by atoms with E-state index in [0.29, 0.717) is 30.2 Å². The van der Waals surface area contributed by atoms with Crippen molar-refractivity contribution >= 4 is 17.6 Å². The lowest BCUT2D eigenvalue weighted by atomic mass is 9.97. The highest BCUT2D eigenvalue weighted by Gasteiger charge is 2.26. The number of piperidine rings is 1. The Labute approximate surface area is 180 Å². The van der Waals surface area contributed by atoms with E-state index in [1.165, 1.54) is 0 Å². The van der Waals surface area contributed by atoms with E-state index in [1.54, 1.807) is 30.5 Å². The van der Waals surface area contributed by atoms with Crippen molar-refractivity contribution in [3.05, 3.63) is 72.1 Å². The monoisotopic (exact) mass is 419 g/mol. The standard InChI is InChI=1S/C24H25N3O4/c28-22(29)13-17-6-4-10-20(12-17)25-23(30)19-9-5-11-27(14-19)15-21-16-31-24(26-21)18-7-2-1-3-8-18/h1-4,6-8,10,12,16,19H,5,9,11,13-15H2,(H,25,30)(H,28,29). The van der Waals surface area contributed by atoms with Gasteiger partial charge in [0.1, 0.15) is 6.26 Å². The fourth-order valence-electron chi connectivity index (χ4n) is 3.91. The summed E-state index contributed by atoms with van der Waals surface area (Å²) in [5.41, 5.74) is 3.08. The van der Waals surface area contributed by atoms with Gasteiger partial charge in [-0.25, -0.2) is 4.98 Å². The SMILES string of the molecule is O=C(O)Cc1cccc(NC(=O)C2CCCN(Cc3coc(-c4ccccc4)n3)C2)c1. The molecule has 160 valence electrons. The van der Waals surface area contributed by atoms with Gasteiger partial charge in [0.2, 0.25) is 11.8 Å². The highest BCUT2D eigenvalue weighted by atomic mass is 16.4. The average Bonchev–Trinajstić information content (AvgIpc) is 3.23. The number of hydrogen-bond acceptors (Lipinski definition) is 5. The molecular formula is C24H25N3O4. The molecule has 2 heterocycles. The molecule has 1 aromatic heterocycles. The minimum atomic E-state index is -0.894. The summed E-state index contributed by atoms with van der Waals surface area (Å²) >= 11 is 0. The Morgan fingerprint density at radius 1 is 1.16 bits per heavy atom. The molecule has 1 saturated heterocycles. The van der Waals surface area contributed by atoms with Crippen LogP contribution < -0.4 is 5.32 Å². The molecule has 1 atom stereocenters. The van der Waals surface area contributed by atoms with Crippen LogP contribution in [-0.4, -0.2) is 40.0 Å². The third-order valence-corrected chi connectivity index (χ3v) is 5.38. The average molecular weight is 419 g/mol. The number of carboxylic acid groups (broad SMARTS) is 1. The summed E-state index contributed by atoms with van der Waals surface area (Å²) in [7, 11) is 0. The van der Waals surface area contributed by atoms with E-state index in [2.05, 4.69) is 15.2 Å². The van der Waals surface area contributed by atoms with E-state index in [-0.39, 0.29) is 18.2 Å². The topological polar surface area (TPSA) is 95.7 Å². The zero-order valence-corrected chi connectivity index (χ0v) is 17.2. The third-order valence-electron chi connectivity index (χ3n) is 5.38. The number of carbonyl (C=O) groups excluding carboxylic acids is 1. The van der Waals surface area contributed by atoms with Crippen LogP contribution in [0.15, 0.2) is 65.3 Å². The van der Waals surface area contributed by atoms with Gasteiger partial charge in [-0.2, -0.15) is 0 Å². The predicted molar refractivity (Wildman–Crippen MR) is 116 cm³/mol. The zero-order valence-electron chi connectivity index (χ0n) is 17.2. The lowest BCUT2D eigenvalue weighted by Crippen LogP contribution is -2.40. The van der Waals surface area contributed by atoms with Crippen LogP contribution in [0.25, 0.3) is 11.5 Å². The normalized spacial score (nSPS) is 16.7. The van der Waals surface area contributed by atoms with Crippen molar-refractivity contribution in [3.63, 3.8) is 0 Å². The number of benzene rings is 2. The molecule has 0 bridgehead atoms. The van der Waals surface area contributed by atoms with Crippen LogP contribution in [0.4, 0.5) is 5.69 Å². The van der Waals surface area contributed by atoms with Crippen molar-refractivity contribution in [1.29, 1.82) is 0 Å². The fourth-order valence-corrected chi connectivity index (χ4v) is 3.91. The summed E-state index contributed by atoms with van der Waals surface area (Å²) in [5.74, 6) is -0.461. The number of rotatable bonds is 7.